The minimum atomic E-state index is -3.41. The topological polar surface area (TPSA) is 49.4 Å². The lowest BCUT2D eigenvalue weighted by Gasteiger charge is -2.30. The highest BCUT2D eigenvalue weighted by molar-refractivity contribution is 7.89. The van der Waals surface area contributed by atoms with Gasteiger partial charge in [-0.05, 0) is 68.8 Å². The van der Waals surface area contributed by atoms with Crippen LogP contribution in [0.5, 0.6) is 0 Å². The Bertz CT molecular complexity index is 590. The molecular formula is C18H29ClN2O2S. The van der Waals surface area contributed by atoms with E-state index in [9.17, 15) is 8.42 Å². The Kier molecular flexibility index (Phi) is 8.01. The highest BCUT2D eigenvalue weighted by Crippen LogP contribution is 2.15. The van der Waals surface area contributed by atoms with Gasteiger partial charge in [-0.3, -0.25) is 0 Å². The second-order valence-electron chi connectivity index (χ2n) is 6.74. The predicted octanol–water partition coefficient (Wildman–Crippen LogP) is 3.26. The van der Waals surface area contributed by atoms with Crippen LogP contribution in [0.2, 0.25) is 0 Å². The molecule has 0 aliphatic carbocycles. The fraction of sp³-hybridized carbons (Fsp3) is 0.667. The van der Waals surface area contributed by atoms with Gasteiger partial charge in [0.25, 0.3) is 0 Å². The van der Waals surface area contributed by atoms with Crippen molar-refractivity contribution in [1.82, 2.24) is 9.62 Å². The summed E-state index contributed by atoms with van der Waals surface area (Å²) in [6.45, 7) is 6.01. The van der Waals surface area contributed by atoms with Gasteiger partial charge in [-0.15, -0.1) is 11.6 Å². The van der Waals surface area contributed by atoms with E-state index in [1.165, 1.54) is 12.8 Å². The standard InChI is InChI=1S/C18H29ClN2O2S/c1-16-5-3-13-21(15-16)14-4-12-20-24(22,23)18-9-7-17(8-10-18)6-2-11-19/h7-10,16,20H,2-6,11-15H2,1H3. The van der Waals surface area contributed by atoms with Crippen molar-refractivity contribution in [3.05, 3.63) is 29.8 Å². The van der Waals surface area contributed by atoms with Crippen molar-refractivity contribution in [1.29, 1.82) is 0 Å². The van der Waals surface area contributed by atoms with E-state index in [0.717, 1.165) is 50.4 Å². The first-order valence-corrected chi connectivity index (χ1v) is 10.9. The van der Waals surface area contributed by atoms with Gasteiger partial charge in [-0.25, -0.2) is 13.1 Å². The van der Waals surface area contributed by atoms with E-state index in [4.69, 9.17) is 11.6 Å². The molecule has 1 saturated heterocycles. The molecule has 1 atom stereocenters. The molecule has 136 valence electrons. The Labute approximate surface area is 151 Å². The van der Waals surface area contributed by atoms with Crippen LogP contribution in [0.3, 0.4) is 0 Å². The summed E-state index contributed by atoms with van der Waals surface area (Å²) < 4.78 is 27.3. The molecule has 24 heavy (non-hydrogen) atoms. The van der Waals surface area contributed by atoms with Crippen LogP contribution in [0.1, 0.15) is 38.2 Å². The van der Waals surface area contributed by atoms with E-state index in [0.29, 0.717) is 17.3 Å². The van der Waals surface area contributed by atoms with E-state index in [1.807, 2.05) is 12.1 Å². The molecule has 2 rings (SSSR count). The average Bonchev–Trinajstić information content (AvgIpc) is 2.57. The molecule has 1 aromatic rings. The van der Waals surface area contributed by atoms with Crippen LogP contribution in [-0.2, 0) is 16.4 Å². The van der Waals surface area contributed by atoms with Gasteiger partial charge in [-0.2, -0.15) is 0 Å². The third-order valence-electron chi connectivity index (χ3n) is 4.52. The first-order chi connectivity index (χ1) is 11.5. The first kappa shape index (κ1) is 19.7. The molecular weight excluding hydrogens is 344 g/mol. The van der Waals surface area contributed by atoms with Crippen LogP contribution >= 0.6 is 11.6 Å². The lowest BCUT2D eigenvalue weighted by molar-refractivity contribution is 0.182. The van der Waals surface area contributed by atoms with Crippen LogP contribution in [0, 0.1) is 5.92 Å². The second kappa shape index (κ2) is 9.76. The number of hydrogen-bond acceptors (Lipinski definition) is 3. The zero-order valence-electron chi connectivity index (χ0n) is 14.5. The third kappa shape index (κ3) is 6.36. The molecule has 4 nitrogen and oxygen atoms in total. The Hall–Kier alpha value is -0.620. The molecule has 1 aliphatic heterocycles. The Morgan fingerprint density at radius 2 is 2.00 bits per heavy atom. The third-order valence-corrected chi connectivity index (χ3v) is 6.26. The summed E-state index contributed by atoms with van der Waals surface area (Å²) in [5, 5.41) is 0. The molecule has 0 radical (unpaired) electrons. The molecule has 0 bridgehead atoms. The zero-order valence-corrected chi connectivity index (χ0v) is 16.1. The number of nitrogens with one attached hydrogen (secondary N) is 1. The maximum atomic E-state index is 12.3. The van der Waals surface area contributed by atoms with Crippen molar-refractivity contribution in [2.24, 2.45) is 5.92 Å². The van der Waals surface area contributed by atoms with Crippen molar-refractivity contribution < 1.29 is 8.42 Å². The van der Waals surface area contributed by atoms with Gasteiger partial charge >= 0.3 is 0 Å². The lowest BCUT2D eigenvalue weighted by Crippen LogP contribution is -2.36. The molecule has 0 saturated carbocycles. The minimum Gasteiger partial charge on any atom is -0.303 e. The van der Waals surface area contributed by atoms with Gasteiger partial charge in [0.1, 0.15) is 0 Å². The Morgan fingerprint density at radius 1 is 1.25 bits per heavy atom. The summed E-state index contributed by atoms with van der Waals surface area (Å²) >= 11 is 5.68. The number of rotatable bonds is 9. The van der Waals surface area contributed by atoms with Crippen molar-refractivity contribution >= 4 is 21.6 Å². The van der Waals surface area contributed by atoms with Crippen LogP contribution in [0.4, 0.5) is 0 Å². The zero-order chi connectivity index (χ0) is 17.4. The monoisotopic (exact) mass is 372 g/mol. The van der Waals surface area contributed by atoms with E-state index in [2.05, 4.69) is 16.5 Å². The van der Waals surface area contributed by atoms with Crippen LogP contribution < -0.4 is 4.72 Å². The van der Waals surface area contributed by atoms with E-state index < -0.39 is 10.0 Å². The fourth-order valence-electron chi connectivity index (χ4n) is 3.19. The number of halogens is 1. The SMILES string of the molecule is CC1CCCN(CCCNS(=O)(=O)c2ccc(CCCCl)cc2)C1. The Morgan fingerprint density at radius 3 is 2.67 bits per heavy atom. The van der Waals surface area contributed by atoms with E-state index in [-0.39, 0.29) is 0 Å². The van der Waals surface area contributed by atoms with Crippen molar-refractivity contribution in [2.45, 2.75) is 43.9 Å². The molecule has 0 aromatic heterocycles. The maximum Gasteiger partial charge on any atom is 0.240 e. The smallest absolute Gasteiger partial charge is 0.240 e. The number of hydrogen-bond donors (Lipinski definition) is 1. The van der Waals surface area contributed by atoms with Gasteiger partial charge in [-0.1, -0.05) is 19.1 Å². The lowest BCUT2D eigenvalue weighted by atomic mass is 10.0. The quantitative estimate of drug-likeness (QED) is 0.534. The number of alkyl halides is 1. The fourth-order valence-corrected chi connectivity index (χ4v) is 4.40. The number of benzene rings is 1. The number of aryl methyl sites for hydroxylation is 1. The van der Waals surface area contributed by atoms with Crippen LogP contribution in [0.25, 0.3) is 0 Å². The summed E-state index contributed by atoms with van der Waals surface area (Å²) in [5.41, 5.74) is 1.12. The van der Waals surface area contributed by atoms with Crippen LogP contribution in [-0.4, -0.2) is 45.4 Å². The van der Waals surface area contributed by atoms with Crippen molar-refractivity contribution in [2.75, 3.05) is 32.1 Å². The maximum absolute atomic E-state index is 12.3. The molecule has 0 spiro atoms. The summed E-state index contributed by atoms with van der Waals surface area (Å²) in [5.74, 6) is 1.38. The van der Waals surface area contributed by atoms with Crippen molar-refractivity contribution in [3.8, 4) is 0 Å². The molecule has 1 aliphatic rings. The van der Waals surface area contributed by atoms with Gasteiger partial charge < -0.3 is 4.90 Å². The van der Waals surface area contributed by atoms with E-state index in [1.54, 1.807) is 12.1 Å². The normalized spacial score (nSPS) is 19.5. The number of likely N-dealkylation sites (tertiary alicyclic amines) is 1. The second-order valence-corrected chi connectivity index (χ2v) is 8.88. The number of nitrogens with zero attached hydrogens (tertiary/aromatic N) is 1. The highest BCUT2D eigenvalue weighted by atomic mass is 35.5. The number of sulfonamides is 1. The largest absolute Gasteiger partial charge is 0.303 e. The van der Waals surface area contributed by atoms with Gasteiger partial charge in [0.05, 0.1) is 4.90 Å². The van der Waals surface area contributed by atoms with E-state index >= 15 is 0 Å². The average molecular weight is 373 g/mol. The summed E-state index contributed by atoms with van der Waals surface area (Å²) in [6.07, 6.45) is 5.19. The molecule has 1 fully saturated rings. The number of piperidine rings is 1. The summed E-state index contributed by atoms with van der Waals surface area (Å²) in [6, 6.07) is 7.10. The first-order valence-electron chi connectivity index (χ1n) is 8.88. The molecule has 1 unspecified atom stereocenters. The minimum absolute atomic E-state index is 0.337. The van der Waals surface area contributed by atoms with Gasteiger partial charge in [0.15, 0.2) is 0 Å². The molecule has 1 N–H and O–H groups in total. The molecule has 1 aromatic carbocycles. The van der Waals surface area contributed by atoms with Crippen molar-refractivity contribution in [3.63, 3.8) is 0 Å². The Balaban J connectivity index is 1.76. The van der Waals surface area contributed by atoms with Gasteiger partial charge in [0, 0.05) is 19.0 Å². The molecule has 6 heteroatoms. The van der Waals surface area contributed by atoms with Gasteiger partial charge in [0.2, 0.25) is 10.0 Å². The predicted molar refractivity (Wildman–Crippen MR) is 100 cm³/mol. The summed E-state index contributed by atoms with van der Waals surface area (Å²) in [4.78, 5) is 2.78. The van der Waals surface area contributed by atoms with Crippen LogP contribution in [0.15, 0.2) is 29.2 Å². The molecule has 1 heterocycles. The highest BCUT2D eigenvalue weighted by Gasteiger charge is 2.16. The molecule has 0 amide bonds. The summed E-state index contributed by atoms with van der Waals surface area (Å²) in [7, 11) is -3.41.